The number of hydrogen-bond donors (Lipinski definition) is 0. The minimum Gasteiger partial charge on any atom is -0.292 e. The monoisotopic (exact) mass is 516 g/mol. The smallest absolute Gasteiger partial charge is 0.275 e. The highest BCUT2D eigenvalue weighted by molar-refractivity contribution is 6.34. The molecule has 35 heavy (non-hydrogen) atoms. The molecule has 5 atom stereocenters. The lowest BCUT2D eigenvalue weighted by Crippen LogP contribution is -2.58. The normalized spacial score (nSPS) is 25.6. The average molecular weight is 517 g/mol. The fourth-order valence-electron chi connectivity index (χ4n) is 6.01. The van der Waals surface area contributed by atoms with Gasteiger partial charge in [0.15, 0.2) is 5.78 Å². The van der Waals surface area contributed by atoms with Crippen molar-refractivity contribution in [3.63, 3.8) is 0 Å². The Balaban J connectivity index is 1.60. The standard InChI is InChI=1S/C26H23Cl2FN2O4/c27-12-11-20(23(32)14-7-9-17(29)10-8-14)30(24(33)18-3-1-2-4-19(18)28)31-25(34)21-15-5-6-16(13-15)22(21)26(31)35/h1-4,7-10,15-16,20-22H,5-6,11-13H2/t15-,16-,20-,21-,22-/m0/s1. The number of halogens is 3. The number of amides is 3. The largest absolute Gasteiger partial charge is 0.292 e. The van der Waals surface area contributed by atoms with Crippen LogP contribution in [-0.2, 0) is 9.59 Å². The number of rotatable bonds is 7. The number of nitrogens with zero attached hydrogens (tertiary/aromatic N) is 2. The van der Waals surface area contributed by atoms with Crippen molar-refractivity contribution in [3.05, 3.63) is 70.5 Å². The van der Waals surface area contributed by atoms with Crippen molar-refractivity contribution in [1.82, 2.24) is 10.0 Å². The number of Topliss-reactive ketones (excluding diaryl/α,β-unsaturated/α-hetero) is 1. The van der Waals surface area contributed by atoms with Gasteiger partial charge in [0.2, 0.25) is 0 Å². The highest BCUT2D eigenvalue weighted by Crippen LogP contribution is 2.56. The molecule has 2 bridgehead atoms. The third-order valence-electron chi connectivity index (χ3n) is 7.54. The van der Waals surface area contributed by atoms with E-state index in [1.807, 2.05) is 0 Å². The van der Waals surface area contributed by atoms with E-state index in [1.165, 1.54) is 24.3 Å². The highest BCUT2D eigenvalue weighted by Gasteiger charge is 2.63. The van der Waals surface area contributed by atoms with E-state index in [0.29, 0.717) is 0 Å². The maximum absolute atomic E-state index is 13.9. The molecule has 9 heteroatoms. The second-order valence-electron chi connectivity index (χ2n) is 9.37. The number of hydrogen-bond acceptors (Lipinski definition) is 4. The van der Waals surface area contributed by atoms with Gasteiger partial charge in [-0.2, -0.15) is 5.01 Å². The van der Waals surface area contributed by atoms with E-state index in [-0.39, 0.29) is 40.3 Å². The van der Waals surface area contributed by atoms with Crippen LogP contribution in [0.1, 0.15) is 46.4 Å². The predicted octanol–water partition coefficient (Wildman–Crippen LogP) is 4.75. The SMILES string of the molecule is O=C(c1ccc(F)cc1)[C@H](CCCl)N(C(=O)c1ccccc1Cl)N1C(=O)[C@H]2[C@H]3CC[C@@H](C3)[C@@H]2C1=O. The van der Waals surface area contributed by atoms with Crippen LogP contribution in [0.2, 0.25) is 5.02 Å². The van der Waals surface area contributed by atoms with Gasteiger partial charge in [-0.1, -0.05) is 23.7 Å². The van der Waals surface area contributed by atoms with E-state index in [9.17, 15) is 23.6 Å². The molecule has 6 nitrogen and oxygen atoms in total. The number of imide groups is 1. The Bertz CT molecular complexity index is 1180. The summed E-state index contributed by atoms with van der Waals surface area (Å²) in [7, 11) is 0. The molecular formula is C26H23Cl2FN2O4. The number of benzene rings is 2. The van der Waals surface area contributed by atoms with E-state index in [4.69, 9.17) is 23.2 Å². The molecular weight excluding hydrogens is 494 g/mol. The molecule has 0 unspecified atom stereocenters. The first-order chi connectivity index (χ1) is 16.8. The van der Waals surface area contributed by atoms with Crippen LogP contribution in [0.3, 0.4) is 0 Å². The average Bonchev–Trinajstić information content (AvgIpc) is 3.54. The molecule has 2 aromatic carbocycles. The zero-order chi connectivity index (χ0) is 24.9. The number of carbonyl (C=O) groups excluding carboxylic acids is 4. The van der Waals surface area contributed by atoms with Crippen LogP contribution in [-0.4, -0.2) is 45.4 Å². The summed E-state index contributed by atoms with van der Waals surface area (Å²) in [4.78, 5) is 54.8. The molecule has 1 heterocycles. The summed E-state index contributed by atoms with van der Waals surface area (Å²) < 4.78 is 13.5. The molecule has 182 valence electrons. The second-order valence-corrected chi connectivity index (χ2v) is 10.2. The summed E-state index contributed by atoms with van der Waals surface area (Å²) in [6, 6.07) is 9.89. The lowest BCUT2D eigenvalue weighted by Gasteiger charge is -2.37. The van der Waals surface area contributed by atoms with Gasteiger partial charge in [-0.15, -0.1) is 11.6 Å². The topological polar surface area (TPSA) is 74.8 Å². The Kier molecular flexibility index (Phi) is 6.40. The van der Waals surface area contributed by atoms with Crippen molar-refractivity contribution in [1.29, 1.82) is 0 Å². The summed E-state index contributed by atoms with van der Waals surface area (Å²) >= 11 is 12.3. The van der Waals surface area contributed by atoms with Gasteiger partial charge in [-0.25, -0.2) is 9.40 Å². The molecule has 0 aromatic heterocycles. The van der Waals surface area contributed by atoms with Crippen LogP contribution in [0.15, 0.2) is 48.5 Å². The van der Waals surface area contributed by atoms with E-state index in [0.717, 1.165) is 41.4 Å². The van der Waals surface area contributed by atoms with E-state index < -0.39 is 47.2 Å². The molecule has 1 aliphatic heterocycles. The third-order valence-corrected chi connectivity index (χ3v) is 8.09. The Morgan fingerprint density at radius 2 is 1.60 bits per heavy atom. The molecule has 2 aromatic rings. The second kappa shape index (κ2) is 9.36. The molecule has 2 saturated carbocycles. The maximum Gasteiger partial charge on any atom is 0.275 e. The van der Waals surface area contributed by atoms with Gasteiger partial charge in [0.1, 0.15) is 11.9 Å². The van der Waals surface area contributed by atoms with Crippen molar-refractivity contribution < 1.29 is 23.6 Å². The van der Waals surface area contributed by atoms with Crippen LogP contribution in [0.5, 0.6) is 0 Å². The van der Waals surface area contributed by atoms with Gasteiger partial charge in [-0.3, -0.25) is 19.2 Å². The van der Waals surface area contributed by atoms with Crippen LogP contribution < -0.4 is 0 Å². The van der Waals surface area contributed by atoms with Gasteiger partial charge in [0, 0.05) is 11.4 Å². The van der Waals surface area contributed by atoms with Gasteiger partial charge in [0.25, 0.3) is 17.7 Å². The van der Waals surface area contributed by atoms with Gasteiger partial charge < -0.3 is 0 Å². The predicted molar refractivity (Wildman–Crippen MR) is 127 cm³/mol. The summed E-state index contributed by atoms with van der Waals surface area (Å²) in [5.74, 6) is -3.52. The minimum absolute atomic E-state index is 0.0156. The number of alkyl halides is 1. The molecule has 3 amide bonds. The van der Waals surface area contributed by atoms with Gasteiger partial charge in [0.05, 0.1) is 22.4 Å². The molecule has 3 aliphatic rings. The fourth-order valence-corrected chi connectivity index (χ4v) is 6.43. The highest BCUT2D eigenvalue weighted by atomic mass is 35.5. The number of hydrazine groups is 1. The maximum atomic E-state index is 13.9. The quantitative estimate of drug-likeness (QED) is 0.302. The van der Waals surface area contributed by atoms with Crippen molar-refractivity contribution in [2.75, 3.05) is 5.88 Å². The van der Waals surface area contributed by atoms with E-state index in [2.05, 4.69) is 0 Å². The third kappa shape index (κ3) is 3.95. The van der Waals surface area contributed by atoms with Crippen molar-refractivity contribution >= 4 is 46.7 Å². The molecule has 2 aliphatic carbocycles. The minimum atomic E-state index is -1.26. The van der Waals surface area contributed by atoms with Crippen LogP contribution in [0, 0.1) is 29.5 Å². The van der Waals surface area contributed by atoms with Crippen LogP contribution in [0.4, 0.5) is 4.39 Å². The Hall–Kier alpha value is -2.77. The first-order valence-electron chi connectivity index (χ1n) is 11.6. The molecule has 0 N–H and O–H groups in total. The number of carbonyl (C=O) groups is 4. The van der Waals surface area contributed by atoms with Crippen molar-refractivity contribution in [2.45, 2.75) is 31.7 Å². The number of fused-ring (bicyclic) bond motifs is 5. The van der Waals surface area contributed by atoms with Gasteiger partial charge >= 0.3 is 0 Å². The molecule has 1 saturated heterocycles. The summed E-state index contributed by atoms with van der Waals surface area (Å²) in [6.07, 6.45) is 2.56. The Morgan fingerprint density at radius 3 is 2.17 bits per heavy atom. The zero-order valence-corrected chi connectivity index (χ0v) is 20.2. The van der Waals surface area contributed by atoms with Crippen molar-refractivity contribution in [2.24, 2.45) is 23.7 Å². The zero-order valence-electron chi connectivity index (χ0n) is 18.7. The van der Waals surface area contributed by atoms with Crippen LogP contribution in [0.25, 0.3) is 0 Å². The summed E-state index contributed by atoms with van der Waals surface area (Å²) in [5, 5.41) is 1.96. The molecule has 0 radical (unpaired) electrons. The first kappa shape index (κ1) is 23.9. The van der Waals surface area contributed by atoms with E-state index >= 15 is 0 Å². The van der Waals surface area contributed by atoms with Crippen LogP contribution >= 0.6 is 23.2 Å². The summed E-state index contributed by atoms with van der Waals surface area (Å²) in [6.45, 7) is 0. The Labute approximate surface area is 211 Å². The van der Waals surface area contributed by atoms with Gasteiger partial charge in [-0.05, 0) is 73.9 Å². The van der Waals surface area contributed by atoms with E-state index in [1.54, 1.807) is 12.1 Å². The lowest BCUT2D eigenvalue weighted by molar-refractivity contribution is -0.157. The fraction of sp³-hybridized carbons (Fsp3) is 0.385. The first-order valence-corrected chi connectivity index (χ1v) is 12.6. The number of ketones is 1. The Morgan fingerprint density at radius 1 is 1.00 bits per heavy atom. The molecule has 0 spiro atoms. The lowest BCUT2D eigenvalue weighted by atomic mass is 9.81. The summed E-state index contributed by atoms with van der Waals surface area (Å²) in [5.41, 5.74) is 0.194. The molecule has 3 fully saturated rings. The van der Waals surface area contributed by atoms with Crippen molar-refractivity contribution in [3.8, 4) is 0 Å². The molecule has 5 rings (SSSR count).